The van der Waals surface area contributed by atoms with Crippen molar-refractivity contribution in [2.45, 2.75) is 50.6 Å². The number of amides is 2. The zero-order chi connectivity index (χ0) is 17.9. The summed E-state index contributed by atoms with van der Waals surface area (Å²) >= 11 is 0. The van der Waals surface area contributed by atoms with Crippen molar-refractivity contribution < 1.29 is 9.59 Å². The topological polar surface area (TPSA) is 52.7 Å². The van der Waals surface area contributed by atoms with Crippen molar-refractivity contribution in [3.05, 3.63) is 35.9 Å². The highest BCUT2D eigenvalue weighted by Crippen LogP contribution is 2.44. The number of hydrogen-bond donors (Lipinski definition) is 1. The molecule has 0 aromatic heterocycles. The van der Waals surface area contributed by atoms with Crippen molar-refractivity contribution in [2.24, 2.45) is 5.92 Å². The molecule has 0 aliphatic carbocycles. The number of likely N-dealkylation sites (tertiary alicyclic amines) is 1. The van der Waals surface area contributed by atoms with Crippen molar-refractivity contribution in [2.75, 3.05) is 26.2 Å². The van der Waals surface area contributed by atoms with Crippen LogP contribution in [0.1, 0.15) is 50.1 Å². The third-order valence-corrected chi connectivity index (χ3v) is 6.31. The van der Waals surface area contributed by atoms with Gasteiger partial charge < -0.3 is 10.2 Å². The van der Waals surface area contributed by atoms with E-state index < -0.39 is 0 Å². The van der Waals surface area contributed by atoms with E-state index in [1.807, 2.05) is 11.0 Å². The molecule has 1 aromatic rings. The van der Waals surface area contributed by atoms with Crippen LogP contribution in [-0.2, 0) is 9.59 Å². The van der Waals surface area contributed by atoms with Crippen LogP contribution in [0.3, 0.4) is 0 Å². The summed E-state index contributed by atoms with van der Waals surface area (Å²) in [5.41, 5.74) is 1.33. The minimum absolute atomic E-state index is 0.0692. The summed E-state index contributed by atoms with van der Waals surface area (Å²) in [6.45, 7) is 3.15. The van der Waals surface area contributed by atoms with E-state index in [9.17, 15) is 9.59 Å². The fourth-order valence-electron chi connectivity index (χ4n) is 4.99. The molecular formula is C21H29N3O2. The summed E-state index contributed by atoms with van der Waals surface area (Å²) in [6.07, 6.45) is 5.95. The molecule has 0 spiro atoms. The Morgan fingerprint density at radius 3 is 2.77 bits per heavy atom. The standard InChI is InChI=1S/C21H29N3O2/c25-20-10-4-5-12-23(20)14-11-22-21(26)17-15-19(16-7-2-1-3-8-16)24-13-6-9-18(17)24/h1-3,7-8,17-19H,4-6,9-15H2,(H,22,26)/t17?,18-,19?/m0/s1. The molecule has 2 amide bonds. The Morgan fingerprint density at radius 1 is 1.12 bits per heavy atom. The van der Waals surface area contributed by atoms with Crippen LogP contribution in [0.25, 0.3) is 0 Å². The number of carbonyl (C=O) groups is 2. The molecule has 0 bridgehead atoms. The molecule has 4 rings (SSSR count). The van der Waals surface area contributed by atoms with Crippen molar-refractivity contribution in [1.82, 2.24) is 15.1 Å². The number of hydrogen-bond acceptors (Lipinski definition) is 3. The Labute approximate surface area is 155 Å². The molecule has 3 aliphatic rings. The second kappa shape index (κ2) is 7.78. The van der Waals surface area contributed by atoms with Gasteiger partial charge >= 0.3 is 0 Å². The monoisotopic (exact) mass is 355 g/mol. The molecule has 3 heterocycles. The lowest BCUT2D eigenvalue weighted by atomic mass is 9.93. The van der Waals surface area contributed by atoms with E-state index in [1.165, 1.54) is 12.0 Å². The van der Waals surface area contributed by atoms with Gasteiger partial charge in [-0.1, -0.05) is 30.3 Å². The maximum Gasteiger partial charge on any atom is 0.224 e. The van der Waals surface area contributed by atoms with E-state index in [0.717, 1.165) is 38.8 Å². The van der Waals surface area contributed by atoms with Crippen molar-refractivity contribution in [3.63, 3.8) is 0 Å². The normalized spacial score (nSPS) is 29.0. The third-order valence-electron chi connectivity index (χ3n) is 6.31. The Balaban J connectivity index is 1.34. The molecule has 2 unspecified atom stereocenters. The molecule has 3 atom stereocenters. The van der Waals surface area contributed by atoms with Crippen molar-refractivity contribution in [1.29, 1.82) is 0 Å². The lowest BCUT2D eigenvalue weighted by Gasteiger charge is -2.27. The highest BCUT2D eigenvalue weighted by molar-refractivity contribution is 5.80. The van der Waals surface area contributed by atoms with Crippen LogP contribution in [0.2, 0.25) is 0 Å². The SMILES string of the molecule is O=C(NCCN1CCCCC1=O)C1CC(c2ccccc2)N2CCC[C@@H]12. The van der Waals surface area contributed by atoms with Gasteiger partial charge in [0.15, 0.2) is 0 Å². The molecule has 3 fully saturated rings. The number of nitrogens with zero attached hydrogens (tertiary/aromatic N) is 2. The van der Waals surface area contributed by atoms with Gasteiger partial charge in [0.25, 0.3) is 0 Å². The molecule has 3 saturated heterocycles. The van der Waals surface area contributed by atoms with Crippen LogP contribution in [0.4, 0.5) is 0 Å². The highest BCUT2D eigenvalue weighted by atomic mass is 16.2. The number of fused-ring (bicyclic) bond motifs is 1. The number of rotatable bonds is 5. The van der Waals surface area contributed by atoms with Gasteiger partial charge in [-0.25, -0.2) is 0 Å². The number of benzene rings is 1. The summed E-state index contributed by atoms with van der Waals surface area (Å²) in [5, 5.41) is 3.12. The molecule has 26 heavy (non-hydrogen) atoms. The molecule has 3 aliphatic heterocycles. The molecule has 1 N–H and O–H groups in total. The van der Waals surface area contributed by atoms with Crippen molar-refractivity contribution >= 4 is 11.8 Å². The molecule has 5 nitrogen and oxygen atoms in total. The molecule has 0 radical (unpaired) electrons. The summed E-state index contributed by atoms with van der Waals surface area (Å²) in [7, 11) is 0. The smallest absolute Gasteiger partial charge is 0.224 e. The minimum Gasteiger partial charge on any atom is -0.354 e. The quantitative estimate of drug-likeness (QED) is 0.882. The Bertz CT molecular complexity index is 648. The summed E-state index contributed by atoms with van der Waals surface area (Å²) in [6, 6.07) is 11.3. The van der Waals surface area contributed by atoms with E-state index >= 15 is 0 Å². The second-order valence-corrected chi connectivity index (χ2v) is 7.85. The number of carbonyl (C=O) groups excluding carboxylic acids is 2. The van der Waals surface area contributed by atoms with Gasteiger partial charge in [0.05, 0.1) is 5.92 Å². The van der Waals surface area contributed by atoms with Gasteiger partial charge in [0.1, 0.15) is 0 Å². The zero-order valence-electron chi connectivity index (χ0n) is 15.4. The van der Waals surface area contributed by atoms with E-state index in [0.29, 0.717) is 31.6 Å². The number of piperidine rings is 1. The van der Waals surface area contributed by atoms with Gasteiger partial charge in [-0.2, -0.15) is 0 Å². The lowest BCUT2D eigenvalue weighted by Crippen LogP contribution is -2.43. The van der Waals surface area contributed by atoms with E-state index in [2.05, 4.69) is 34.5 Å². The van der Waals surface area contributed by atoms with Gasteiger partial charge in [-0.05, 0) is 44.2 Å². The molecule has 1 aromatic carbocycles. The van der Waals surface area contributed by atoms with Gasteiger partial charge in [0, 0.05) is 38.1 Å². The summed E-state index contributed by atoms with van der Waals surface area (Å²) in [5.74, 6) is 0.474. The van der Waals surface area contributed by atoms with Crippen LogP contribution < -0.4 is 5.32 Å². The predicted octanol–water partition coefficient (Wildman–Crippen LogP) is 2.34. The molecular weight excluding hydrogens is 326 g/mol. The maximum atomic E-state index is 12.8. The minimum atomic E-state index is 0.0692. The van der Waals surface area contributed by atoms with E-state index in [1.54, 1.807) is 0 Å². The van der Waals surface area contributed by atoms with Crippen LogP contribution >= 0.6 is 0 Å². The van der Waals surface area contributed by atoms with Crippen molar-refractivity contribution in [3.8, 4) is 0 Å². The van der Waals surface area contributed by atoms with Crippen LogP contribution in [-0.4, -0.2) is 53.8 Å². The molecule has 5 heteroatoms. The Kier molecular flexibility index (Phi) is 5.25. The largest absolute Gasteiger partial charge is 0.354 e. The van der Waals surface area contributed by atoms with Crippen LogP contribution in [0, 0.1) is 5.92 Å². The van der Waals surface area contributed by atoms with E-state index in [4.69, 9.17) is 0 Å². The average molecular weight is 355 g/mol. The van der Waals surface area contributed by atoms with Crippen LogP contribution in [0.5, 0.6) is 0 Å². The summed E-state index contributed by atoms with van der Waals surface area (Å²) < 4.78 is 0. The van der Waals surface area contributed by atoms with Crippen LogP contribution in [0.15, 0.2) is 30.3 Å². The average Bonchev–Trinajstić information content (AvgIpc) is 3.26. The Morgan fingerprint density at radius 2 is 1.96 bits per heavy atom. The third kappa shape index (κ3) is 3.50. The van der Waals surface area contributed by atoms with E-state index in [-0.39, 0.29) is 17.7 Å². The highest BCUT2D eigenvalue weighted by Gasteiger charge is 2.46. The van der Waals surface area contributed by atoms with Gasteiger partial charge in [-0.3, -0.25) is 14.5 Å². The predicted molar refractivity (Wildman–Crippen MR) is 100 cm³/mol. The first-order chi connectivity index (χ1) is 12.7. The summed E-state index contributed by atoms with van der Waals surface area (Å²) in [4.78, 5) is 29.2. The van der Waals surface area contributed by atoms with Gasteiger partial charge in [0.2, 0.25) is 11.8 Å². The zero-order valence-corrected chi connectivity index (χ0v) is 15.4. The fourth-order valence-corrected chi connectivity index (χ4v) is 4.99. The Hall–Kier alpha value is -1.88. The molecule has 140 valence electrons. The van der Waals surface area contributed by atoms with Gasteiger partial charge in [-0.15, -0.1) is 0 Å². The second-order valence-electron chi connectivity index (χ2n) is 7.85. The first-order valence-electron chi connectivity index (χ1n) is 10.1. The fraction of sp³-hybridized carbons (Fsp3) is 0.619. The first-order valence-corrected chi connectivity index (χ1v) is 10.1. The molecule has 0 saturated carbocycles. The first kappa shape index (κ1) is 17.5. The number of nitrogens with one attached hydrogen (secondary N) is 1. The maximum absolute atomic E-state index is 12.8. The lowest BCUT2D eigenvalue weighted by molar-refractivity contribution is -0.134.